The maximum absolute atomic E-state index is 12.4. The molecule has 0 saturated carbocycles. The van der Waals surface area contributed by atoms with Crippen LogP contribution in [0.3, 0.4) is 0 Å². The Morgan fingerprint density at radius 1 is 1.12 bits per heavy atom. The van der Waals surface area contributed by atoms with E-state index >= 15 is 0 Å². The van der Waals surface area contributed by atoms with E-state index in [0.717, 1.165) is 40.8 Å². The number of rotatable bonds is 4. The first kappa shape index (κ1) is 16.0. The molecule has 0 N–H and O–H groups in total. The third kappa shape index (κ3) is 3.61. The molecule has 2 aliphatic rings. The number of ether oxygens (including phenoxy) is 1. The lowest BCUT2D eigenvalue weighted by Crippen LogP contribution is -2.34. The fourth-order valence-electron chi connectivity index (χ4n) is 2.78. The van der Waals surface area contributed by atoms with Crippen LogP contribution in [0.5, 0.6) is 5.75 Å². The Hall–Kier alpha value is -2.53. The Balaban J connectivity index is 1.44. The molecule has 0 atom stereocenters. The van der Waals surface area contributed by atoms with Gasteiger partial charge >= 0.3 is 0 Å². The maximum Gasteiger partial charge on any atom is 0.278 e. The summed E-state index contributed by atoms with van der Waals surface area (Å²) >= 11 is 1.65. The number of fused-ring (bicyclic) bond motifs is 1. The third-order valence-corrected chi connectivity index (χ3v) is 5.16. The van der Waals surface area contributed by atoms with E-state index in [1.807, 2.05) is 60.7 Å². The highest BCUT2D eigenvalue weighted by Crippen LogP contribution is 2.28. The number of hydrogen-bond donors (Lipinski definition) is 0. The highest BCUT2D eigenvalue weighted by molar-refractivity contribution is 8.13. The van der Waals surface area contributed by atoms with E-state index in [1.54, 1.807) is 16.7 Å². The second-order valence-corrected chi connectivity index (χ2v) is 6.99. The predicted octanol–water partition coefficient (Wildman–Crippen LogP) is 3.94. The maximum atomic E-state index is 12.4. The van der Waals surface area contributed by atoms with Crippen molar-refractivity contribution in [2.75, 3.05) is 12.3 Å². The molecule has 0 radical (unpaired) electrons. The number of carbonyl (C=O) groups is 1. The van der Waals surface area contributed by atoms with E-state index in [0.29, 0.717) is 12.3 Å². The molecule has 1 saturated heterocycles. The summed E-state index contributed by atoms with van der Waals surface area (Å²) in [6.45, 7) is 1.31. The number of hydrogen-bond acceptors (Lipinski definition) is 4. The minimum atomic E-state index is 0.00611. The minimum absolute atomic E-state index is 0.00611. The summed E-state index contributed by atoms with van der Waals surface area (Å²) in [5.74, 6) is 1.85. The summed E-state index contributed by atoms with van der Waals surface area (Å²) in [6, 6.07) is 17.8. The van der Waals surface area contributed by atoms with Crippen molar-refractivity contribution >= 4 is 28.9 Å². The molecule has 0 spiro atoms. The van der Waals surface area contributed by atoms with Gasteiger partial charge in [-0.2, -0.15) is 0 Å². The monoisotopic (exact) mass is 350 g/mol. The summed E-state index contributed by atoms with van der Waals surface area (Å²) in [7, 11) is 0. The first-order valence-electron chi connectivity index (χ1n) is 8.31. The quantitative estimate of drug-likeness (QED) is 0.784. The molecule has 126 valence electrons. The molecular formula is C20H18N2O2S. The van der Waals surface area contributed by atoms with Crippen LogP contribution >= 0.6 is 11.8 Å². The zero-order valence-electron chi connectivity index (χ0n) is 13.7. The number of aliphatic imine (C=N–C) groups is 1. The van der Waals surface area contributed by atoms with Crippen molar-refractivity contribution in [2.24, 2.45) is 4.99 Å². The first-order chi connectivity index (χ1) is 12.3. The van der Waals surface area contributed by atoms with E-state index in [9.17, 15) is 4.79 Å². The summed E-state index contributed by atoms with van der Waals surface area (Å²) in [4.78, 5) is 18.6. The number of amides is 1. The SMILES string of the molecule is O=C1/C(=C/c2ccc(OCc3ccccc3)cc2)N=C2SCCCN12. The topological polar surface area (TPSA) is 41.9 Å². The Kier molecular flexibility index (Phi) is 4.57. The van der Waals surface area contributed by atoms with Crippen molar-refractivity contribution in [2.45, 2.75) is 13.0 Å². The van der Waals surface area contributed by atoms with Crippen LogP contribution in [-0.4, -0.2) is 28.3 Å². The van der Waals surface area contributed by atoms with Gasteiger partial charge in [0.15, 0.2) is 5.17 Å². The molecular weight excluding hydrogens is 332 g/mol. The molecule has 1 fully saturated rings. The minimum Gasteiger partial charge on any atom is -0.489 e. The Bertz CT molecular complexity index is 829. The summed E-state index contributed by atoms with van der Waals surface area (Å²) in [5, 5.41) is 0.838. The van der Waals surface area contributed by atoms with Crippen LogP contribution in [0.2, 0.25) is 0 Å². The molecule has 2 aliphatic heterocycles. The van der Waals surface area contributed by atoms with Gasteiger partial charge in [0.25, 0.3) is 5.91 Å². The Labute approximate surface area is 151 Å². The lowest BCUT2D eigenvalue weighted by atomic mass is 10.2. The lowest BCUT2D eigenvalue weighted by molar-refractivity contribution is -0.122. The van der Waals surface area contributed by atoms with Gasteiger partial charge in [0.2, 0.25) is 0 Å². The molecule has 25 heavy (non-hydrogen) atoms. The van der Waals surface area contributed by atoms with E-state index in [-0.39, 0.29) is 5.91 Å². The van der Waals surface area contributed by atoms with E-state index < -0.39 is 0 Å². The van der Waals surface area contributed by atoms with E-state index in [2.05, 4.69) is 4.99 Å². The van der Waals surface area contributed by atoms with Gasteiger partial charge in [-0.1, -0.05) is 54.2 Å². The smallest absolute Gasteiger partial charge is 0.278 e. The van der Waals surface area contributed by atoms with Gasteiger partial charge in [0, 0.05) is 12.3 Å². The number of thioether (sulfide) groups is 1. The zero-order valence-corrected chi connectivity index (χ0v) is 14.5. The average Bonchev–Trinajstić information content (AvgIpc) is 2.98. The molecule has 0 aliphatic carbocycles. The highest BCUT2D eigenvalue weighted by atomic mass is 32.2. The number of benzene rings is 2. The molecule has 2 heterocycles. The van der Waals surface area contributed by atoms with Crippen LogP contribution in [0.25, 0.3) is 6.08 Å². The number of nitrogens with zero attached hydrogens (tertiary/aromatic N) is 2. The van der Waals surface area contributed by atoms with Crippen LogP contribution in [0.1, 0.15) is 17.5 Å². The van der Waals surface area contributed by atoms with Crippen LogP contribution in [0.15, 0.2) is 65.3 Å². The molecule has 0 aromatic heterocycles. The van der Waals surface area contributed by atoms with Gasteiger partial charge in [-0.15, -0.1) is 0 Å². The zero-order chi connectivity index (χ0) is 17.1. The largest absolute Gasteiger partial charge is 0.489 e. The highest BCUT2D eigenvalue weighted by Gasteiger charge is 2.32. The molecule has 2 aromatic rings. The normalized spacial score (nSPS) is 18.2. The van der Waals surface area contributed by atoms with Crippen LogP contribution < -0.4 is 4.74 Å². The van der Waals surface area contributed by atoms with Crippen molar-refractivity contribution in [3.63, 3.8) is 0 Å². The molecule has 0 unspecified atom stereocenters. The van der Waals surface area contributed by atoms with E-state index in [1.165, 1.54) is 0 Å². The second kappa shape index (κ2) is 7.15. The van der Waals surface area contributed by atoms with Crippen LogP contribution in [-0.2, 0) is 11.4 Å². The van der Waals surface area contributed by atoms with Gasteiger partial charge < -0.3 is 4.74 Å². The molecule has 4 rings (SSSR count). The lowest BCUT2D eigenvalue weighted by Gasteiger charge is -2.21. The van der Waals surface area contributed by atoms with Gasteiger partial charge in [-0.05, 0) is 35.8 Å². The van der Waals surface area contributed by atoms with Gasteiger partial charge in [-0.25, -0.2) is 4.99 Å². The van der Waals surface area contributed by atoms with Crippen LogP contribution in [0, 0.1) is 0 Å². The molecule has 1 amide bonds. The molecule has 0 bridgehead atoms. The van der Waals surface area contributed by atoms with Crippen molar-refractivity contribution in [3.8, 4) is 5.75 Å². The van der Waals surface area contributed by atoms with E-state index in [4.69, 9.17) is 4.74 Å². The number of amidine groups is 1. The van der Waals surface area contributed by atoms with Crippen molar-refractivity contribution < 1.29 is 9.53 Å². The Morgan fingerprint density at radius 3 is 2.68 bits per heavy atom. The average molecular weight is 350 g/mol. The number of carbonyl (C=O) groups excluding carboxylic acids is 1. The van der Waals surface area contributed by atoms with Gasteiger partial charge in [-0.3, -0.25) is 9.69 Å². The van der Waals surface area contributed by atoms with Crippen molar-refractivity contribution in [1.29, 1.82) is 0 Å². The predicted molar refractivity (Wildman–Crippen MR) is 101 cm³/mol. The Morgan fingerprint density at radius 2 is 1.92 bits per heavy atom. The van der Waals surface area contributed by atoms with Crippen molar-refractivity contribution in [1.82, 2.24) is 4.90 Å². The summed E-state index contributed by atoms with van der Waals surface area (Å²) < 4.78 is 5.79. The van der Waals surface area contributed by atoms with Crippen LogP contribution in [0.4, 0.5) is 0 Å². The first-order valence-corrected chi connectivity index (χ1v) is 9.30. The molecule has 4 nitrogen and oxygen atoms in total. The third-order valence-electron chi connectivity index (χ3n) is 4.10. The summed E-state index contributed by atoms with van der Waals surface area (Å²) in [6.07, 6.45) is 2.87. The molecule has 5 heteroatoms. The molecule has 2 aromatic carbocycles. The van der Waals surface area contributed by atoms with Crippen molar-refractivity contribution in [3.05, 3.63) is 71.4 Å². The van der Waals surface area contributed by atoms with Gasteiger partial charge in [0.1, 0.15) is 18.1 Å². The van der Waals surface area contributed by atoms with Gasteiger partial charge in [0.05, 0.1) is 0 Å². The fourth-order valence-corrected chi connectivity index (χ4v) is 3.73. The second-order valence-electron chi connectivity index (χ2n) is 5.93. The standard InChI is InChI=1S/C20H18N2O2S/c23-19-18(21-20-22(19)11-4-12-25-20)13-15-7-9-17(10-8-15)24-14-16-5-2-1-3-6-16/h1-3,5-10,13H,4,11-12,14H2/b18-13-. The summed E-state index contributed by atoms with van der Waals surface area (Å²) in [5.41, 5.74) is 2.60. The fraction of sp³-hybridized carbons (Fsp3) is 0.200.